The summed E-state index contributed by atoms with van der Waals surface area (Å²) in [7, 11) is 3.02. The van der Waals surface area contributed by atoms with Gasteiger partial charge in [0.25, 0.3) is 5.56 Å². The van der Waals surface area contributed by atoms with Crippen LogP contribution in [0.25, 0.3) is 0 Å². The smallest absolute Gasteiger partial charge is 0.296 e. The first-order chi connectivity index (χ1) is 11.0. The molecule has 0 aliphatic carbocycles. The molecule has 0 bridgehead atoms. The first-order valence-electron chi connectivity index (χ1n) is 6.48. The number of benzene rings is 1. The molecule has 23 heavy (non-hydrogen) atoms. The standard InChI is InChI=1S/C14H15ClN4O3S/c1-8-13(20)19(14(23-4)18-17-8)16-7-9-5-10(15)12(22-3)11(6-9)21-2/h5-7H,1-4H3/b16-7-. The van der Waals surface area contributed by atoms with Gasteiger partial charge < -0.3 is 9.47 Å². The van der Waals surface area contributed by atoms with E-state index in [1.807, 2.05) is 0 Å². The van der Waals surface area contributed by atoms with E-state index >= 15 is 0 Å². The molecule has 0 unspecified atom stereocenters. The molecular formula is C14H15ClN4O3S. The van der Waals surface area contributed by atoms with Gasteiger partial charge in [0.05, 0.1) is 25.5 Å². The van der Waals surface area contributed by atoms with E-state index in [-0.39, 0.29) is 11.3 Å². The van der Waals surface area contributed by atoms with Crippen LogP contribution in [0.1, 0.15) is 11.3 Å². The highest BCUT2D eigenvalue weighted by molar-refractivity contribution is 7.98. The summed E-state index contributed by atoms with van der Waals surface area (Å²) in [5.74, 6) is 0.914. The van der Waals surface area contributed by atoms with Crippen molar-refractivity contribution in [3.63, 3.8) is 0 Å². The van der Waals surface area contributed by atoms with Crippen LogP contribution in [-0.2, 0) is 0 Å². The Morgan fingerprint density at radius 3 is 2.65 bits per heavy atom. The second-order valence-electron chi connectivity index (χ2n) is 4.37. The number of aromatic nitrogens is 3. The largest absolute Gasteiger partial charge is 0.493 e. The van der Waals surface area contributed by atoms with E-state index in [4.69, 9.17) is 21.1 Å². The van der Waals surface area contributed by atoms with E-state index in [2.05, 4.69) is 15.3 Å². The van der Waals surface area contributed by atoms with Gasteiger partial charge in [-0.1, -0.05) is 23.4 Å². The van der Waals surface area contributed by atoms with Crippen LogP contribution in [-0.4, -0.2) is 41.6 Å². The maximum absolute atomic E-state index is 12.1. The van der Waals surface area contributed by atoms with Crippen LogP contribution < -0.4 is 15.0 Å². The van der Waals surface area contributed by atoms with Crippen molar-refractivity contribution in [1.82, 2.24) is 14.9 Å². The summed E-state index contributed by atoms with van der Waals surface area (Å²) in [6.45, 7) is 1.58. The molecule has 9 heteroatoms. The van der Waals surface area contributed by atoms with Crippen LogP contribution in [0, 0.1) is 6.92 Å². The SMILES string of the molecule is COc1cc(/C=N\n2c(SC)nnc(C)c2=O)cc(Cl)c1OC. The minimum atomic E-state index is -0.327. The van der Waals surface area contributed by atoms with Crippen LogP contribution in [0.2, 0.25) is 5.02 Å². The van der Waals surface area contributed by atoms with Crippen molar-refractivity contribution in [3.05, 3.63) is 38.8 Å². The van der Waals surface area contributed by atoms with Crippen molar-refractivity contribution in [3.8, 4) is 11.5 Å². The van der Waals surface area contributed by atoms with Gasteiger partial charge in [-0.05, 0) is 30.9 Å². The topological polar surface area (TPSA) is 78.6 Å². The van der Waals surface area contributed by atoms with E-state index in [1.165, 1.54) is 36.9 Å². The number of hydrogen-bond acceptors (Lipinski definition) is 7. The molecule has 0 spiro atoms. The Labute approximate surface area is 142 Å². The van der Waals surface area contributed by atoms with E-state index in [0.29, 0.717) is 27.2 Å². The predicted molar refractivity (Wildman–Crippen MR) is 90.4 cm³/mol. The van der Waals surface area contributed by atoms with E-state index < -0.39 is 0 Å². The minimum absolute atomic E-state index is 0.269. The van der Waals surface area contributed by atoms with Crippen molar-refractivity contribution in [1.29, 1.82) is 0 Å². The number of hydrogen-bond donors (Lipinski definition) is 0. The molecule has 0 atom stereocenters. The van der Waals surface area contributed by atoms with Crippen LogP contribution in [0.5, 0.6) is 11.5 Å². The minimum Gasteiger partial charge on any atom is -0.493 e. The fourth-order valence-electron chi connectivity index (χ4n) is 1.81. The summed E-state index contributed by atoms with van der Waals surface area (Å²) in [6.07, 6.45) is 3.29. The van der Waals surface area contributed by atoms with Crippen molar-refractivity contribution < 1.29 is 9.47 Å². The first kappa shape index (κ1) is 17.3. The van der Waals surface area contributed by atoms with Gasteiger partial charge in [-0.15, -0.1) is 10.2 Å². The monoisotopic (exact) mass is 354 g/mol. The van der Waals surface area contributed by atoms with Gasteiger partial charge in [-0.25, -0.2) is 0 Å². The third-order valence-electron chi connectivity index (χ3n) is 2.93. The lowest BCUT2D eigenvalue weighted by atomic mass is 10.2. The highest BCUT2D eigenvalue weighted by Gasteiger charge is 2.11. The number of methoxy groups -OCH3 is 2. The third-order valence-corrected chi connectivity index (χ3v) is 3.83. The zero-order valence-electron chi connectivity index (χ0n) is 13.0. The third kappa shape index (κ3) is 3.65. The summed E-state index contributed by atoms with van der Waals surface area (Å²) in [5, 5.41) is 12.7. The lowest BCUT2D eigenvalue weighted by Gasteiger charge is -2.10. The zero-order chi connectivity index (χ0) is 17.0. The van der Waals surface area contributed by atoms with E-state index in [0.717, 1.165) is 0 Å². The number of aryl methyl sites for hydroxylation is 1. The van der Waals surface area contributed by atoms with Gasteiger partial charge in [0.15, 0.2) is 11.5 Å². The average Bonchev–Trinajstić information content (AvgIpc) is 2.55. The van der Waals surface area contributed by atoms with E-state index in [9.17, 15) is 4.79 Å². The van der Waals surface area contributed by atoms with Gasteiger partial charge >= 0.3 is 0 Å². The molecule has 1 heterocycles. The first-order valence-corrected chi connectivity index (χ1v) is 8.08. The van der Waals surface area contributed by atoms with Gasteiger partial charge in [0.1, 0.15) is 5.69 Å². The molecule has 0 amide bonds. The highest BCUT2D eigenvalue weighted by Crippen LogP contribution is 2.35. The highest BCUT2D eigenvalue weighted by atomic mass is 35.5. The van der Waals surface area contributed by atoms with Gasteiger partial charge in [-0.2, -0.15) is 9.78 Å². The Morgan fingerprint density at radius 1 is 1.30 bits per heavy atom. The summed E-state index contributed by atoms with van der Waals surface area (Å²) >= 11 is 7.42. The van der Waals surface area contributed by atoms with Crippen LogP contribution in [0.4, 0.5) is 0 Å². The second kappa shape index (κ2) is 7.47. The Balaban J connectivity index is 2.48. The predicted octanol–water partition coefficient (Wildman–Crippen LogP) is 2.22. The van der Waals surface area contributed by atoms with Gasteiger partial charge in [0.2, 0.25) is 5.16 Å². The second-order valence-corrected chi connectivity index (χ2v) is 5.55. The molecule has 122 valence electrons. The molecule has 2 aromatic rings. The molecule has 0 saturated heterocycles. The summed E-state index contributed by atoms with van der Waals surface area (Å²) < 4.78 is 11.6. The van der Waals surface area contributed by atoms with Crippen LogP contribution in [0.15, 0.2) is 27.2 Å². The van der Waals surface area contributed by atoms with Crippen molar-refractivity contribution in [2.45, 2.75) is 12.1 Å². The maximum atomic E-state index is 12.1. The van der Waals surface area contributed by atoms with Gasteiger partial charge in [-0.3, -0.25) is 4.79 Å². The fourth-order valence-corrected chi connectivity index (χ4v) is 2.53. The number of ether oxygens (including phenoxy) is 2. The maximum Gasteiger partial charge on any atom is 0.296 e. The van der Waals surface area contributed by atoms with Crippen LogP contribution >= 0.6 is 23.4 Å². The zero-order valence-corrected chi connectivity index (χ0v) is 14.6. The number of rotatable bonds is 5. The molecule has 0 aliphatic rings. The Morgan fingerprint density at radius 2 is 2.04 bits per heavy atom. The lowest BCUT2D eigenvalue weighted by Crippen LogP contribution is -2.23. The molecule has 1 aromatic heterocycles. The molecular weight excluding hydrogens is 340 g/mol. The molecule has 7 nitrogen and oxygen atoms in total. The van der Waals surface area contributed by atoms with Gasteiger partial charge in [0, 0.05) is 0 Å². The Kier molecular flexibility index (Phi) is 5.62. The quantitative estimate of drug-likeness (QED) is 0.605. The van der Waals surface area contributed by atoms with E-state index in [1.54, 1.807) is 25.3 Å². The number of halogens is 1. The molecule has 0 N–H and O–H groups in total. The molecule has 0 radical (unpaired) electrons. The average molecular weight is 355 g/mol. The van der Waals surface area contributed by atoms with Crippen LogP contribution in [0.3, 0.4) is 0 Å². The Hall–Kier alpha value is -2.06. The van der Waals surface area contributed by atoms with Crippen molar-refractivity contribution >= 4 is 29.6 Å². The summed E-state index contributed by atoms with van der Waals surface area (Å²) in [4.78, 5) is 12.1. The summed E-state index contributed by atoms with van der Waals surface area (Å²) in [5.41, 5.74) is 0.596. The molecule has 0 saturated carbocycles. The van der Waals surface area contributed by atoms with Crippen molar-refractivity contribution in [2.24, 2.45) is 5.10 Å². The molecule has 0 aliphatic heterocycles. The lowest BCUT2D eigenvalue weighted by molar-refractivity contribution is 0.355. The normalized spacial score (nSPS) is 11.0. The molecule has 0 fully saturated rings. The molecule has 2 rings (SSSR count). The van der Waals surface area contributed by atoms with Crippen molar-refractivity contribution in [2.75, 3.05) is 20.5 Å². The number of nitrogens with zero attached hydrogens (tertiary/aromatic N) is 4. The molecule has 1 aromatic carbocycles. The fraction of sp³-hybridized carbons (Fsp3) is 0.286. The Bertz CT molecular complexity index is 807. The summed E-state index contributed by atoms with van der Waals surface area (Å²) in [6, 6.07) is 3.37. The number of thioether (sulfide) groups is 1.